The first-order chi connectivity index (χ1) is 8.61. The Morgan fingerprint density at radius 1 is 1.28 bits per heavy atom. The highest BCUT2D eigenvalue weighted by Gasteiger charge is 2.26. The lowest BCUT2D eigenvalue weighted by atomic mass is 10.0. The second-order valence-electron chi connectivity index (χ2n) is 4.45. The van der Waals surface area contributed by atoms with Crippen LogP contribution in [0.5, 0.6) is 0 Å². The number of nitrogens with zero attached hydrogens (tertiary/aromatic N) is 3. The van der Waals surface area contributed by atoms with Gasteiger partial charge in [0.1, 0.15) is 12.4 Å². The first-order valence-corrected chi connectivity index (χ1v) is 5.79. The molecule has 0 aliphatic rings. The number of hydrogen-bond donors (Lipinski definition) is 1. The highest BCUT2D eigenvalue weighted by atomic mass is 16.4. The average molecular weight is 245 g/mol. The van der Waals surface area contributed by atoms with Gasteiger partial charge in [0.05, 0.1) is 0 Å². The lowest BCUT2D eigenvalue weighted by Crippen LogP contribution is -2.24. The lowest BCUT2D eigenvalue weighted by molar-refractivity contribution is -0.142. The van der Waals surface area contributed by atoms with E-state index in [0.717, 1.165) is 5.56 Å². The van der Waals surface area contributed by atoms with Crippen molar-refractivity contribution in [2.24, 2.45) is 5.92 Å². The summed E-state index contributed by atoms with van der Waals surface area (Å²) in [6.07, 6.45) is 1.47. The molecule has 0 aliphatic carbocycles. The summed E-state index contributed by atoms with van der Waals surface area (Å²) in [5.74, 6) is -0.334. The van der Waals surface area contributed by atoms with Crippen molar-refractivity contribution < 1.29 is 9.90 Å². The van der Waals surface area contributed by atoms with Gasteiger partial charge in [-0.15, -0.1) is 10.2 Å². The van der Waals surface area contributed by atoms with Gasteiger partial charge in [-0.2, -0.15) is 0 Å². The Hall–Kier alpha value is -2.17. The van der Waals surface area contributed by atoms with Crippen LogP contribution < -0.4 is 0 Å². The summed E-state index contributed by atoms with van der Waals surface area (Å²) in [6, 6.07) is 8.80. The third-order valence-electron chi connectivity index (χ3n) is 2.79. The monoisotopic (exact) mass is 245 g/mol. The van der Waals surface area contributed by atoms with E-state index in [1.807, 2.05) is 44.2 Å². The molecule has 2 rings (SSSR count). The molecule has 1 aromatic carbocycles. The Morgan fingerprint density at radius 3 is 2.50 bits per heavy atom. The molecule has 0 fully saturated rings. The summed E-state index contributed by atoms with van der Waals surface area (Å²) in [5, 5.41) is 17.2. The molecule has 1 heterocycles. The third kappa shape index (κ3) is 2.25. The molecule has 0 aliphatic heterocycles. The van der Waals surface area contributed by atoms with E-state index in [2.05, 4.69) is 10.2 Å². The molecule has 18 heavy (non-hydrogen) atoms. The molecular formula is C13H15N3O2. The van der Waals surface area contributed by atoms with Gasteiger partial charge in [-0.1, -0.05) is 44.2 Å². The summed E-state index contributed by atoms with van der Waals surface area (Å²) in [4.78, 5) is 11.3. The van der Waals surface area contributed by atoms with Crippen molar-refractivity contribution in [3.63, 3.8) is 0 Å². The zero-order valence-electron chi connectivity index (χ0n) is 10.3. The number of aliphatic carboxylic acids is 1. The van der Waals surface area contributed by atoms with Crippen LogP contribution in [0.15, 0.2) is 36.7 Å². The van der Waals surface area contributed by atoms with Crippen molar-refractivity contribution in [2.45, 2.75) is 19.9 Å². The summed E-state index contributed by atoms with van der Waals surface area (Å²) < 4.78 is 1.61. The molecule has 0 saturated carbocycles. The van der Waals surface area contributed by atoms with E-state index in [4.69, 9.17) is 0 Å². The van der Waals surface area contributed by atoms with Crippen LogP contribution in [0.3, 0.4) is 0 Å². The second kappa shape index (κ2) is 5.00. The number of carboxylic acid groups (broad SMARTS) is 1. The maximum Gasteiger partial charge on any atom is 0.327 e. The van der Waals surface area contributed by atoms with Crippen LogP contribution in [0.2, 0.25) is 0 Å². The molecule has 94 valence electrons. The van der Waals surface area contributed by atoms with E-state index < -0.39 is 12.0 Å². The first-order valence-electron chi connectivity index (χ1n) is 5.79. The Kier molecular flexibility index (Phi) is 3.41. The summed E-state index contributed by atoms with van der Waals surface area (Å²) >= 11 is 0. The van der Waals surface area contributed by atoms with E-state index in [9.17, 15) is 9.90 Å². The third-order valence-corrected chi connectivity index (χ3v) is 2.79. The van der Waals surface area contributed by atoms with E-state index in [1.165, 1.54) is 6.33 Å². The molecule has 1 atom stereocenters. The fourth-order valence-electron chi connectivity index (χ4n) is 1.97. The minimum Gasteiger partial charge on any atom is -0.480 e. The molecule has 0 bridgehead atoms. The van der Waals surface area contributed by atoms with Gasteiger partial charge >= 0.3 is 5.97 Å². The van der Waals surface area contributed by atoms with Gasteiger partial charge in [-0.3, -0.25) is 4.57 Å². The van der Waals surface area contributed by atoms with E-state index >= 15 is 0 Å². The quantitative estimate of drug-likeness (QED) is 0.896. The number of benzene rings is 1. The Labute approximate surface area is 105 Å². The summed E-state index contributed by atoms with van der Waals surface area (Å²) in [5.41, 5.74) is 0.863. The minimum atomic E-state index is -0.873. The first kappa shape index (κ1) is 12.3. The molecule has 1 unspecified atom stereocenters. The fourth-order valence-corrected chi connectivity index (χ4v) is 1.97. The van der Waals surface area contributed by atoms with Gasteiger partial charge in [0, 0.05) is 5.56 Å². The average Bonchev–Trinajstić information content (AvgIpc) is 2.78. The Morgan fingerprint density at radius 2 is 1.94 bits per heavy atom. The minimum absolute atomic E-state index is 0.0408. The Bertz CT molecular complexity index is 534. The molecule has 0 amide bonds. The number of rotatable bonds is 4. The molecular weight excluding hydrogens is 230 g/mol. The summed E-state index contributed by atoms with van der Waals surface area (Å²) in [7, 11) is 0. The van der Waals surface area contributed by atoms with Crippen molar-refractivity contribution in [3.8, 4) is 11.4 Å². The van der Waals surface area contributed by atoms with Crippen molar-refractivity contribution in [3.05, 3.63) is 36.7 Å². The van der Waals surface area contributed by atoms with Crippen LogP contribution in [0.1, 0.15) is 19.9 Å². The molecule has 5 nitrogen and oxygen atoms in total. The van der Waals surface area contributed by atoms with Crippen LogP contribution in [-0.4, -0.2) is 25.8 Å². The second-order valence-corrected chi connectivity index (χ2v) is 4.45. The smallest absolute Gasteiger partial charge is 0.327 e. The molecule has 0 radical (unpaired) electrons. The number of aromatic nitrogens is 3. The molecule has 1 aromatic heterocycles. The van der Waals surface area contributed by atoms with Crippen molar-refractivity contribution in [2.75, 3.05) is 0 Å². The zero-order valence-corrected chi connectivity index (χ0v) is 10.3. The van der Waals surface area contributed by atoms with E-state index in [0.29, 0.717) is 5.82 Å². The van der Waals surface area contributed by atoms with Crippen molar-refractivity contribution in [1.82, 2.24) is 14.8 Å². The van der Waals surface area contributed by atoms with E-state index in [-0.39, 0.29) is 5.92 Å². The van der Waals surface area contributed by atoms with Gasteiger partial charge in [-0.25, -0.2) is 4.79 Å². The van der Waals surface area contributed by atoms with Gasteiger partial charge in [0.25, 0.3) is 0 Å². The van der Waals surface area contributed by atoms with E-state index in [1.54, 1.807) is 4.57 Å². The predicted octanol–water partition coefficient (Wildman–Crippen LogP) is 2.23. The standard InChI is InChI=1S/C13H15N3O2/c1-9(2)11(13(17)18)16-8-14-15-12(16)10-6-4-3-5-7-10/h3-9,11H,1-2H3,(H,17,18). The van der Waals surface area contributed by atoms with Crippen LogP contribution in [0.4, 0.5) is 0 Å². The lowest BCUT2D eigenvalue weighted by Gasteiger charge is -2.19. The van der Waals surface area contributed by atoms with Crippen LogP contribution in [0, 0.1) is 5.92 Å². The van der Waals surface area contributed by atoms with Gasteiger partial charge in [-0.05, 0) is 5.92 Å². The fraction of sp³-hybridized carbons (Fsp3) is 0.308. The van der Waals surface area contributed by atoms with Crippen molar-refractivity contribution in [1.29, 1.82) is 0 Å². The van der Waals surface area contributed by atoms with Gasteiger partial charge in [0.2, 0.25) is 0 Å². The summed E-state index contributed by atoms with van der Waals surface area (Å²) in [6.45, 7) is 3.74. The largest absolute Gasteiger partial charge is 0.480 e. The van der Waals surface area contributed by atoms with Gasteiger partial charge in [0.15, 0.2) is 5.82 Å². The highest BCUT2D eigenvalue weighted by Crippen LogP contribution is 2.24. The van der Waals surface area contributed by atoms with Crippen LogP contribution >= 0.6 is 0 Å². The maximum absolute atomic E-state index is 11.3. The SMILES string of the molecule is CC(C)C(C(=O)O)n1cnnc1-c1ccccc1. The predicted molar refractivity (Wildman–Crippen MR) is 67.0 cm³/mol. The number of hydrogen-bond acceptors (Lipinski definition) is 3. The molecule has 5 heteroatoms. The number of carbonyl (C=O) groups is 1. The molecule has 0 saturated heterocycles. The highest BCUT2D eigenvalue weighted by molar-refractivity contribution is 5.73. The Balaban J connectivity index is 2.47. The zero-order chi connectivity index (χ0) is 13.1. The van der Waals surface area contributed by atoms with Crippen LogP contribution in [-0.2, 0) is 4.79 Å². The van der Waals surface area contributed by atoms with Crippen LogP contribution in [0.25, 0.3) is 11.4 Å². The molecule has 1 N–H and O–H groups in total. The van der Waals surface area contributed by atoms with Gasteiger partial charge < -0.3 is 5.11 Å². The maximum atomic E-state index is 11.3. The topological polar surface area (TPSA) is 68.0 Å². The molecule has 2 aromatic rings. The number of carboxylic acids is 1. The molecule has 0 spiro atoms. The normalized spacial score (nSPS) is 12.6. The van der Waals surface area contributed by atoms with Crippen molar-refractivity contribution >= 4 is 5.97 Å².